The first-order chi connectivity index (χ1) is 6.72. The Balaban J connectivity index is 3.04. The third kappa shape index (κ3) is 2.14. The molecule has 14 heavy (non-hydrogen) atoms. The van der Waals surface area contributed by atoms with E-state index in [4.69, 9.17) is 14.6 Å². The van der Waals surface area contributed by atoms with E-state index in [1.807, 2.05) is 0 Å². The standard InChI is InChI=1S/C10H13FO3/c1-13-7-3-4-8(9(11)6-12)10(5-7)14-2/h3-5,9,12H,6H2,1-2H3. The Morgan fingerprint density at radius 1 is 1.36 bits per heavy atom. The molecule has 1 aromatic carbocycles. The quantitative estimate of drug-likeness (QED) is 0.804. The van der Waals surface area contributed by atoms with Gasteiger partial charge in [0.15, 0.2) is 6.17 Å². The fourth-order valence-corrected chi connectivity index (χ4v) is 1.18. The van der Waals surface area contributed by atoms with Crippen LogP contribution in [-0.4, -0.2) is 25.9 Å². The summed E-state index contributed by atoms with van der Waals surface area (Å²) in [7, 11) is 2.97. The smallest absolute Gasteiger partial charge is 0.152 e. The molecular formula is C10H13FO3. The molecule has 0 fully saturated rings. The van der Waals surface area contributed by atoms with Gasteiger partial charge in [-0.2, -0.15) is 0 Å². The van der Waals surface area contributed by atoms with Crippen LogP contribution in [-0.2, 0) is 0 Å². The summed E-state index contributed by atoms with van der Waals surface area (Å²) in [4.78, 5) is 0. The van der Waals surface area contributed by atoms with Crippen LogP contribution in [0.3, 0.4) is 0 Å². The van der Waals surface area contributed by atoms with Gasteiger partial charge in [0.25, 0.3) is 0 Å². The lowest BCUT2D eigenvalue weighted by molar-refractivity contribution is 0.176. The molecule has 1 unspecified atom stereocenters. The largest absolute Gasteiger partial charge is 0.497 e. The molecule has 0 saturated heterocycles. The van der Waals surface area contributed by atoms with E-state index in [9.17, 15) is 4.39 Å². The predicted octanol–water partition coefficient (Wildman–Crippen LogP) is 1.71. The van der Waals surface area contributed by atoms with E-state index in [-0.39, 0.29) is 0 Å². The van der Waals surface area contributed by atoms with Crippen molar-refractivity contribution in [3.8, 4) is 11.5 Å². The molecular weight excluding hydrogens is 187 g/mol. The maximum absolute atomic E-state index is 13.2. The first-order valence-electron chi connectivity index (χ1n) is 4.19. The summed E-state index contributed by atoms with van der Waals surface area (Å²) >= 11 is 0. The number of hydrogen-bond acceptors (Lipinski definition) is 3. The van der Waals surface area contributed by atoms with Crippen LogP contribution in [0.25, 0.3) is 0 Å². The molecule has 0 aliphatic heterocycles. The van der Waals surface area contributed by atoms with Gasteiger partial charge in [0.2, 0.25) is 0 Å². The van der Waals surface area contributed by atoms with Gasteiger partial charge >= 0.3 is 0 Å². The first kappa shape index (κ1) is 10.8. The lowest BCUT2D eigenvalue weighted by Crippen LogP contribution is -2.00. The average Bonchev–Trinajstić information content (AvgIpc) is 2.27. The van der Waals surface area contributed by atoms with Crippen molar-refractivity contribution >= 4 is 0 Å². The highest BCUT2D eigenvalue weighted by Gasteiger charge is 2.14. The van der Waals surface area contributed by atoms with Gasteiger partial charge in [-0.25, -0.2) is 4.39 Å². The van der Waals surface area contributed by atoms with E-state index in [1.165, 1.54) is 14.2 Å². The maximum atomic E-state index is 13.2. The van der Waals surface area contributed by atoms with Crippen molar-refractivity contribution < 1.29 is 19.0 Å². The van der Waals surface area contributed by atoms with Crippen LogP contribution in [0.5, 0.6) is 11.5 Å². The molecule has 0 aliphatic carbocycles. The molecule has 4 heteroatoms. The number of aliphatic hydroxyl groups is 1. The minimum absolute atomic E-state index is 0.329. The van der Waals surface area contributed by atoms with E-state index in [0.717, 1.165) is 0 Å². The van der Waals surface area contributed by atoms with Gasteiger partial charge in [-0.1, -0.05) is 0 Å². The molecule has 1 atom stereocenters. The Morgan fingerprint density at radius 3 is 2.57 bits per heavy atom. The van der Waals surface area contributed by atoms with Gasteiger partial charge < -0.3 is 14.6 Å². The molecule has 0 saturated carbocycles. The molecule has 3 nitrogen and oxygen atoms in total. The topological polar surface area (TPSA) is 38.7 Å². The fraction of sp³-hybridized carbons (Fsp3) is 0.400. The summed E-state index contributed by atoms with van der Waals surface area (Å²) in [6, 6.07) is 4.75. The lowest BCUT2D eigenvalue weighted by atomic mass is 10.1. The minimum atomic E-state index is -1.42. The van der Waals surface area contributed by atoms with Crippen molar-refractivity contribution in [2.75, 3.05) is 20.8 Å². The second-order valence-electron chi connectivity index (χ2n) is 2.76. The molecule has 0 spiro atoms. The second-order valence-corrected chi connectivity index (χ2v) is 2.76. The molecule has 0 heterocycles. The Labute approximate surface area is 82.1 Å². The SMILES string of the molecule is COc1ccc(C(F)CO)c(OC)c1. The zero-order chi connectivity index (χ0) is 10.6. The summed E-state index contributed by atoms with van der Waals surface area (Å²) in [6.07, 6.45) is -1.42. The Bertz CT molecular complexity index is 301. The highest BCUT2D eigenvalue weighted by Crippen LogP contribution is 2.30. The Hall–Kier alpha value is -1.29. The lowest BCUT2D eigenvalue weighted by Gasteiger charge is -2.11. The monoisotopic (exact) mass is 200 g/mol. The summed E-state index contributed by atoms with van der Waals surface area (Å²) < 4.78 is 23.1. The number of alkyl halides is 1. The van der Waals surface area contributed by atoms with Crippen LogP contribution in [0.15, 0.2) is 18.2 Å². The van der Waals surface area contributed by atoms with E-state index in [0.29, 0.717) is 17.1 Å². The van der Waals surface area contributed by atoms with Crippen molar-refractivity contribution in [2.45, 2.75) is 6.17 Å². The van der Waals surface area contributed by atoms with Crippen LogP contribution >= 0.6 is 0 Å². The van der Waals surface area contributed by atoms with Crippen molar-refractivity contribution in [2.24, 2.45) is 0 Å². The summed E-state index contributed by atoms with van der Waals surface area (Å²) in [6.45, 7) is -0.553. The van der Waals surface area contributed by atoms with Crippen molar-refractivity contribution in [1.82, 2.24) is 0 Å². The summed E-state index contributed by atoms with van der Waals surface area (Å²) in [5, 5.41) is 8.67. The normalized spacial score (nSPS) is 12.3. The molecule has 78 valence electrons. The van der Waals surface area contributed by atoms with Crippen LogP contribution in [0.1, 0.15) is 11.7 Å². The van der Waals surface area contributed by atoms with Crippen LogP contribution < -0.4 is 9.47 Å². The van der Waals surface area contributed by atoms with E-state index >= 15 is 0 Å². The maximum Gasteiger partial charge on any atom is 0.152 e. The van der Waals surface area contributed by atoms with E-state index < -0.39 is 12.8 Å². The van der Waals surface area contributed by atoms with Crippen molar-refractivity contribution in [3.63, 3.8) is 0 Å². The number of rotatable bonds is 4. The number of benzene rings is 1. The van der Waals surface area contributed by atoms with Crippen LogP contribution in [0, 0.1) is 0 Å². The molecule has 0 aromatic heterocycles. The number of ether oxygens (including phenoxy) is 2. The van der Waals surface area contributed by atoms with Gasteiger partial charge in [0.1, 0.15) is 11.5 Å². The minimum Gasteiger partial charge on any atom is -0.497 e. The zero-order valence-electron chi connectivity index (χ0n) is 8.16. The second kappa shape index (κ2) is 4.81. The van der Waals surface area contributed by atoms with E-state index in [1.54, 1.807) is 18.2 Å². The van der Waals surface area contributed by atoms with Crippen LogP contribution in [0.2, 0.25) is 0 Å². The summed E-state index contributed by atoms with van der Waals surface area (Å²) in [5.41, 5.74) is 0.329. The van der Waals surface area contributed by atoms with Gasteiger partial charge in [0, 0.05) is 11.6 Å². The van der Waals surface area contributed by atoms with E-state index in [2.05, 4.69) is 0 Å². The Morgan fingerprint density at radius 2 is 2.07 bits per heavy atom. The highest BCUT2D eigenvalue weighted by molar-refractivity contribution is 5.42. The van der Waals surface area contributed by atoms with Gasteiger partial charge in [-0.3, -0.25) is 0 Å². The van der Waals surface area contributed by atoms with Gasteiger partial charge in [-0.15, -0.1) is 0 Å². The van der Waals surface area contributed by atoms with Gasteiger partial charge in [0.05, 0.1) is 20.8 Å². The third-order valence-corrected chi connectivity index (χ3v) is 1.94. The zero-order valence-corrected chi connectivity index (χ0v) is 8.16. The predicted molar refractivity (Wildman–Crippen MR) is 50.5 cm³/mol. The average molecular weight is 200 g/mol. The first-order valence-corrected chi connectivity index (χ1v) is 4.19. The van der Waals surface area contributed by atoms with Crippen LogP contribution in [0.4, 0.5) is 4.39 Å². The van der Waals surface area contributed by atoms with Crippen molar-refractivity contribution in [1.29, 1.82) is 0 Å². The van der Waals surface area contributed by atoms with Gasteiger partial charge in [-0.05, 0) is 12.1 Å². The number of aliphatic hydroxyl groups excluding tert-OH is 1. The third-order valence-electron chi connectivity index (χ3n) is 1.94. The number of halogens is 1. The highest BCUT2D eigenvalue weighted by atomic mass is 19.1. The molecule has 0 amide bonds. The molecule has 1 N–H and O–H groups in total. The number of methoxy groups -OCH3 is 2. The molecule has 1 aromatic rings. The molecule has 0 bridgehead atoms. The number of hydrogen-bond donors (Lipinski definition) is 1. The van der Waals surface area contributed by atoms with Crippen molar-refractivity contribution in [3.05, 3.63) is 23.8 Å². The molecule has 1 rings (SSSR count). The summed E-state index contributed by atoms with van der Waals surface area (Å²) in [5.74, 6) is 0.974. The molecule has 0 radical (unpaired) electrons. The fourth-order valence-electron chi connectivity index (χ4n) is 1.18. The molecule has 0 aliphatic rings. The Kier molecular flexibility index (Phi) is 3.71.